The lowest BCUT2D eigenvalue weighted by molar-refractivity contribution is -0.121. The average molecular weight is 223 g/mol. The highest BCUT2D eigenvalue weighted by Gasteiger charge is 2.14. The first-order chi connectivity index (χ1) is 7.45. The van der Waals surface area contributed by atoms with E-state index in [2.05, 4.69) is 20.6 Å². The van der Waals surface area contributed by atoms with Crippen molar-refractivity contribution in [2.24, 2.45) is 0 Å². The summed E-state index contributed by atoms with van der Waals surface area (Å²) in [6.45, 7) is 5.32. The van der Waals surface area contributed by atoms with E-state index in [1.807, 2.05) is 6.92 Å². The van der Waals surface area contributed by atoms with Crippen LogP contribution in [0.2, 0.25) is 0 Å². The van der Waals surface area contributed by atoms with Crippen LogP contribution in [0.15, 0.2) is 0 Å². The van der Waals surface area contributed by atoms with Crippen molar-refractivity contribution in [1.82, 2.24) is 15.3 Å². The van der Waals surface area contributed by atoms with Gasteiger partial charge in [-0.2, -0.15) is 0 Å². The van der Waals surface area contributed by atoms with Crippen LogP contribution in [0, 0.1) is 13.8 Å². The largest absolute Gasteiger partial charge is 0.383 e. The number of nitrogens with zero attached hydrogens (tertiary/aromatic N) is 2. The number of hydrogen-bond donors (Lipinski definition) is 3. The fraction of sp³-hybridized carbons (Fsp3) is 0.500. The SMILES string of the molecule is CNC(=O)C(C)Nc1nc(C)nc(N)c1C. The number of nitrogens with one attached hydrogen (secondary N) is 2. The van der Waals surface area contributed by atoms with Crippen molar-refractivity contribution in [3.05, 3.63) is 11.4 Å². The number of likely N-dealkylation sites (N-methyl/N-ethyl adjacent to an activating group) is 1. The smallest absolute Gasteiger partial charge is 0.241 e. The molecule has 0 radical (unpaired) electrons. The maximum absolute atomic E-state index is 11.3. The van der Waals surface area contributed by atoms with Gasteiger partial charge in [0.15, 0.2) is 0 Å². The van der Waals surface area contributed by atoms with Gasteiger partial charge in [0.05, 0.1) is 0 Å². The summed E-state index contributed by atoms with van der Waals surface area (Å²) in [7, 11) is 1.59. The number of hydrogen-bond acceptors (Lipinski definition) is 5. The van der Waals surface area contributed by atoms with E-state index < -0.39 is 0 Å². The first-order valence-electron chi connectivity index (χ1n) is 5.04. The molecule has 4 N–H and O–H groups in total. The molecule has 0 saturated heterocycles. The molecule has 6 nitrogen and oxygen atoms in total. The van der Waals surface area contributed by atoms with Crippen molar-refractivity contribution in [1.29, 1.82) is 0 Å². The van der Waals surface area contributed by atoms with Crippen molar-refractivity contribution in [3.8, 4) is 0 Å². The van der Waals surface area contributed by atoms with Crippen molar-refractivity contribution in [3.63, 3.8) is 0 Å². The molecule has 1 amide bonds. The molecule has 1 unspecified atom stereocenters. The first kappa shape index (κ1) is 12.2. The summed E-state index contributed by atoms with van der Waals surface area (Å²) < 4.78 is 0. The van der Waals surface area contributed by atoms with E-state index in [0.29, 0.717) is 17.5 Å². The van der Waals surface area contributed by atoms with Gasteiger partial charge in [-0.05, 0) is 20.8 Å². The molecule has 0 saturated carbocycles. The molecule has 0 bridgehead atoms. The van der Waals surface area contributed by atoms with E-state index in [-0.39, 0.29) is 11.9 Å². The molecular formula is C10H17N5O. The van der Waals surface area contributed by atoms with Gasteiger partial charge in [0.1, 0.15) is 23.5 Å². The van der Waals surface area contributed by atoms with Gasteiger partial charge in [0, 0.05) is 12.6 Å². The van der Waals surface area contributed by atoms with Gasteiger partial charge in [0.2, 0.25) is 5.91 Å². The molecule has 0 aliphatic rings. The molecule has 0 spiro atoms. The fourth-order valence-corrected chi connectivity index (χ4v) is 1.28. The molecule has 0 aromatic carbocycles. The maximum atomic E-state index is 11.3. The lowest BCUT2D eigenvalue weighted by Crippen LogP contribution is -2.35. The molecule has 1 aromatic rings. The second-order valence-electron chi connectivity index (χ2n) is 3.61. The van der Waals surface area contributed by atoms with E-state index in [0.717, 1.165) is 5.56 Å². The van der Waals surface area contributed by atoms with Crippen LogP contribution in [0.1, 0.15) is 18.3 Å². The summed E-state index contributed by atoms with van der Waals surface area (Å²) in [5.41, 5.74) is 6.47. The summed E-state index contributed by atoms with van der Waals surface area (Å²) in [6, 6.07) is -0.364. The van der Waals surface area contributed by atoms with E-state index in [9.17, 15) is 4.79 Å². The minimum Gasteiger partial charge on any atom is -0.383 e. The number of aromatic nitrogens is 2. The van der Waals surface area contributed by atoms with Gasteiger partial charge < -0.3 is 16.4 Å². The van der Waals surface area contributed by atoms with Gasteiger partial charge in [-0.3, -0.25) is 4.79 Å². The zero-order valence-electron chi connectivity index (χ0n) is 9.96. The van der Waals surface area contributed by atoms with E-state index >= 15 is 0 Å². The Labute approximate surface area is 94.7 Å². The minimum atomic E-state index is -0.364. The molecule has 0 fully saturated rings. The Morgan fingerprint density at radius 2 is 2.00 bits per heavy atom. The molecule has 1 rings (SSSR count). The Balaban J connectivity index is 2.93. The van der Waals surface area contributed by atoms with Gasteiger partial charge in [-0.1, -0.05) is 0 Å². The van der Waals surface area contributed by atoms with Crippen LogP contribution >= 0.6 is 0 Å². The van der Waals surface area contributed by atoms with E-state index in [1.54, 1.807) is 20.9 Å². The summed E-state index contributed by atoms with van der Waals surface area (Å²) in [5, 5.41) is 5.56. The highest BCUT2D eigenvalue weighted by Crippen LogP contribution is 2.17. The van der Waals surface area contributed by atoms with Crippen LogP contribution in [0.4, 0.5) is 11.6 Å². The van der Waals surface area contributed by atoms with Crippen LogP contribution in [-0.2, 0) is 4.79 Å². The van der Waals surface area contributed by atoms with E-state index in [4.69, 9.17) is 5.73 Å². The Kier molecular flexibility index (Phi) is 3.65. The Bertz CT molecular complexity index is 404. The zero-order chi connectivity index (χ0) is 12.3. The highest BCUT2D eigenvalue weighted by molar-refractivity contribution is 5.83. The Morgan fingerprint density at radius 1 is 1.38 bits per heavy atom. The number of carbonyl (C=O) groups excluding carboxylic acids is 1. The molecule has 1 heterocycles. The summed E-state index contributed by atoms with van der Waals surface area (Å²) in [6.07, 6.45) is 0. The third-order valence-electron chi connectivity index (χ3n) is 2.29. The summed E-state index contributed by atoms with van der Waals surface area (Å²) in [5.74, 6) is 1.50. The quantitative estimate of drug-likeness (QED) is 0.681. The molecule has 1 aromatic heterocycles. The van der Waals surface area contributed by atoms with Crippen LogP contribution < -0.4 is 16.4 Å². The molecular weight excluding hydrogens is 206 g/mol. The maximum Gasteiger partial charge on any atom is 0.241 e. The molecule has 1 atom stereocenters. The molecule has 0 aliphatic carbocycles. The zero-order valence-corrected chi connectivity index (χ0v) is 9.96. The monoisotopic (exact) mass is 223 g/mol. The van der Waals surface area contributed by atoms with Gasteiger partial charge in [-0.25, -0.2) is 9.97 Å². The standard InChI is InChI=1S/C10H17N5O/c1-5-8(11)14-7(3)15-9(5)13-6(2)10(16)12-4/h6H,1-4H3,(H,12,16)(H3,11,13,14,15). The molecule has 0 aliphatic heterocycles. The van der Waals surface area contributed by atoms with Gasteiger partial charge in [0.25, 0.3) is 0 Å². The number of aryl methyl sites for hydroxylation is 1. The summed E-state index contributed by atoms with van der Waals surface area (Å²) >= 11 is 0. The number of nitrogen functional groups attached to an aromatic ring is 1. The first-order valence-corrected chi connectivity index (χ1v) is 5.04. The molecule has 88 valence electrons. The third kappa shape index (κ3) is 2.59. The van der Waals surface area contributed by atoms with Crippen LogP contribution in [0.5, 0.6) is 0 Å². The van der Waals surface area contributed by atoms with Gasteiger partial charge in [-0.15, -0.1) is 0 Å². The number of carbonyl (C=O) groups is 1. The van der Waals surface area contributed by atoms with Crippen molar-refractivity contribution in [2.45, 2.75) is 26.8 Å². The molecule has 16 heavy (non-hydrogen) atoms. The molecule has 6 heteroatoms. The predicted octanol–water partition coefficient (Wildman–Crippen LogP) is 0.222. The number of rotatable bonds is 3. The topological polar surface area (TPSA) is 92.9 Å². The highest BCUT2D eigenvalue weighted by atomic mass is 16.2. The predicted molar refractivity (Wildman–Crippen MR) is 63.1 cm³/mol. The average Bonchev–Trinajstić information content (AvgIpc) is 2.23. The second-order valence-corrected chi connectivity index (χ2v) is 3.61. The number of anilines is 2. The summed E-state index contributed by atoms with van der Waals surface area (Å²) in [4.78, 5) is 19.6. The number of amides is 1. The second kappa shape index (κ2) is 4.78. The normalized spacial score (nSPS) is 12.0. The fourth-order valence-electron chi connectivity index (χ4n) is 1.28. The lowest BCUT2D eigenvalue weighted by Gasteiger charge is -2.15. The third-order valence-corrected chi connectivity index (χ3v) is 2.29. The van der Waals surface area contributed by atoms with Crippen molar-refractivity contribution in [2.75, 3.05) is 18.1 Å². The Hall–Kier alpha value is -1.85. The van der Waals surface area contributed by atoms with Crippen molar-refractivity contribution >= 4 is 17.5 Å². The van der Waals surface area contributed by atoms with E-state index in [1.165, 1.54) is 0 Å². The van der Waals surface area contributed by atoms with Crippen LogP contribution in [-0.4, -0.2) is 29.0 Å². The number of nitrogens with two attached hydrogens (primary N) is 1. The lowest BCUT2D eigenvalue weighted by atomic mass is 10.2. The van der Waals surface area contributed by atoms with Crippen LogP contribution in [0.25, 0.3) is 0 Å². The van der Waals surface area contributed by atoms with Crippen LogP contribution in [0.3, 0.4) is 0 Å². The van der Waals surface area contributed by atoms with Gasteiger partial charge >= 0.3 is 0 Å². The Morgan fingerprint density at radius 3 is 2.56 bits per heavy atom. The van der Waals surface area contributed by atoms with Crippen molar-refractivity contribution < 1.29 is 4.79 Å². The minimum absolute atomic E-state index is 0.103.